The number of nitrogen functional groups attached to an aromatic ring is 1. The lowest BCUT2D eigenvalue weighted by Gasteiger charge is -2.16. The third kappa shape index (κ3) is 3.94. The first-order valence-corrected chi connectivity index (χ1v) is 9.49. The quantitative estimate of drug-likeness (QED) is 0.473. The Morgan fingerprint density at radius 1 is 0.935 bits per heavy atom. The molecule has 0 amide bonds. The first-order valence-electron chi connectivity index (χ1n) is 9.11. The highest BCUT2D eigenvalue weighted by molar-refractivity contribution is 6.30. The first kappa shape index (κ1) is 20.7. The molecule has 0 radical (unpaired) electrons. The Labute approximate surface area is 178 Å². The minimum atomic E-state index is -4.64. The van der Waals surface area contributed by atoms with Gasteiger partial charge in [0.15, 0.2) is 5.43 Å². The predicted molar refractivity (Wildman–Crippen MR) is 114 cm³/mol. The van der Waals surface area contributed by atoms with E-state index in [1.165, 1.54) is 33.7 Å². The number of benzene rings is 2. The number of fused-ring (bicyclic) bond motifs is 1. The molecule has 0 spiro atoms. The van der Waals surface area contributed by atoms with Crippen molar-refractivity contribution >= 4 is 28.2 Å². The zero-order chi connectivity index (χ0) is 22.3. The number of hydrogen-bond acceptors (Lipinski definition) is 3. The molecule has 158 valence electrons. The fourth-order valence-electron chi connectivity index (χ4n) is 3.38. The molecule has 0 aliphatic heterocycles. The Morgan fingerprint density at radius 2 is 1.65 bits per heavy atom. The smallest absolute Gasteiger partial charge is 0.398 e. The Bertz CT molecular complexity index is 1410. The van der Waals surface area contributed by atoms with Crippen molar-refractivity contribution in [2.75, 3.05) is 5.73 Å². The van der Waals surface area contributed by atoms with Crippen molar-refractivity contribution in [3.8, 4) is 5.69 Å². The minimum absolute atomic E-state index is 0.121. The largest absolute Gasteiger partial charge is 0.418 e. The summed E-state index contributed by atoms with van der Waals surface area (Å²) in [6, 6.07) is 13.0. The third-order valence-corrected chi connectivity index (χ3v) is 5.16. The maximum absolute atomic E-state index is 13.3. The van der Waals surface area contributed by atoms with Crippen molar-refractivity contribution in [1.82, 2.24) is 9.13 Å². The molecular weight excluding hydrogens is 431 g/mol. The molecule has 2 aromatic carbocycles. The SMILES string of the molecule is Nc1ccc(-n2ccc(=O)c3c(=O)n(Cc4ccc(Cl)cc4)ccc32)cc1C(F)(F)F. The van der Waals surface area contributed by atoms with Crippen molar-refractivity contribution in [2.24, 2.45) is 0 Å². The van der Waals surface area contributed by atoms with E-state index in [0.29, 0.717) is 5.02 Å². The van der Waals surface area contributed by atoms with Crippen LogP contribution in [0.15, 0.2) is 76.6 Å². The van der Waals surface area contributed by atoms with Crippen LogP contribution in [0.4, 0.5) is 18.9 Å². The van der Waals surface area contributed by atoms with Crippen LogP contribution in [0.5, 0.6) is 0 Å². The molecular formula is C22H15ClF3N3O2. The summed E-state index contributed by atoms with van der Waals surface area (Å²) in [6.07, 6.45) is -1.81. The summed E-state index contributed by atoms with van der Waals surface area (Å²) in [5.74, 6) is 0. The average molecular weight is 446 g/mol. The van der Waals surface area contributed by atoms with Crippen molar-refractivity contribution in [3.05, 3.63) is 104 Å². The molecule has 2 N–H and O–H groups in total. The molecule has 2 aromatic heterocycles. The highest BCUT2D eigenvalue weighted by Crippen LogP contribution is 2.35. The van der Waals surface area contributed by atoms with Crippen LogP contribution in [0, 0.1) is 0 Å². The number of alkyl halides is 3. The summed E-state index contributed by atoms with van der Waals surface area (Å²) in [5, 5.41) is 0.434. The topological polar surface area (TPSA) is 70.0 Å². The van der Waals surface area contributed by atoms with Gasteiger partial charge in [-0.3, -0.25) is 9.59 Å². The number of halogens is 4. The van der Waals surface area contributed by atoms with E-state index in [4.69, 9.17) is 17.3 Å². The molecule has 0 aliphatic carbocycles. The number of hydrogen-bond donors (Lipinski definition) is 1. The van der Waals surface area contributed by atoms with Gasteiger partial charge in [0, 0.05) is 34.9 Å². The second-order valence-corrected chi connectivity index (χ2v) is 7.39. The van der Waals surface area contributed by atoms with Gasteiger partial charge in [-0.15, -0.1) is 0 Å². The zero-order valence-electron chi connectivity index (χ0n) is 15.9. The fraction of sp³-hybridized carbons (Fsp3) is 0.0909. The van der Waals surface area contributed by atoms with Gasteiger partial charge < -0.3 is 14.9 Å². The molecule has 4 aromatic rings. The van der Waals surface area contributed by atoms with E-state index >= 15 is 0 Å². The van der Waals surface area contributed by atoms with Crippen molar-refractivity contribution in [3.63, 3.8) is 0 Å². The molecule has 2 heterocycles. The van der Waals surface area contributed by atoms with Crippen LogP contribution in [0.25, 0.3) is 16.6 Å². The van der Waals surface area contributed by atoms with E-state index in [9.17, 15) is 22.8 Å². The molecule has 0 aliphatic rings. The lowest BCUT2D eigenvalue weighted by atomic mass is 10.1. The lowest BCUT2D eigenvalue weighted by molar-refractivity contribution is -0.136. The maximum Gasteiger partial charge on any atom is 0.418 e. The van der Waals surface area contributed by atoms with E-state index in [-0.39, 0.29) is 23.1 Å². The number of aromatic nitrogens is 2. The summed E-state index contributed by atoms with van der Waals surface area (Å²) >= 11 is 5.88. The van der Waals surface area contributed by atoms with Gasteiger partial charge in [0.05, 0.1) is 17.6 Å². The van der Waals surface area contributed by atoms with Gasteiger partial charge in [-0.25, -0.2) is 0 Å². The molecule has 0 fully saturated rings. The van der Waals surface area contributed by atoms with E-state index in [0.717, 1.165) is 23.8 Å². The molecule has 0 saturated carbocycles. The molecule has 0 saturated heterocycles. The van der Waals surface area contributed by atoms with E-state index in [1.54, 1.807) is 24.3 Å². The summed E-state index contributed by atoms with van der Waals surface area (Å²) in [4.78, 5) is 25.5. The zero-order valence-corrected chi connectivity index (χ0v) is 16.6. The number of pyridine rings is 2. The fourth-order valence-corrected chi connectivity index (χ4v) is 3.50. The monoisotopic (exact) mass is 445 g/mol. The van der Waals surface area contributed by atoms with Crippen molar-refractivity contribution in [1.29, 1.82) is 0 Å². The van der Waals surface area contributed by atoms with Crippen LogP contribution < -0.4 is 16.7 Å². The number of anilines is 1. The maximum atomic E-state index is 13.3. The second kappa shape index (κ2) is 7.63. The summed E-state index contributed by atoms with van der Waals surface area (Å²) < 4.78 is 42.5. The van der Waals surface area contributed by atoms with Gasteiger partial charge in [0.1, 0.15) is 5.39 Å². The molecule has 9 heteroatoms. The van der Waals surface area contributed by atoms with E-state index < -0.39 is 28.4 Å². The van der Waals surface area contributed by atoms with Crippen LogP contribution >= 0.6 is 11.6 Å². The Morgan fingerprint density at radius 3 is 2.32 bits per heavy atom. The Balaban J connectivity index is 1.87. The molecule has 0 bridgehead atoms. The average Bonchev–Trinajstić information content (AvgIpc) is 2.71. The lowest BCUT2D eigenvalue weighted by Crippen LogP contribution is -2.25. The predicted octanol–water partition coefficient (Wildman–Crippen LogP) is 4.46. The van der Waals surface area contributed by atoms with Gasteiger partial charge in [0.2, 0.25) is 0 Å². The van der Waals surface area contributed by atoms with Crippen molar-refractivity contribution < 1.29 is 13.2 Å². The van der Waals surface area contributed by atoms with Gasteiger partial charge >= 0.3 is 6.18 Å². The van der Waals surface area contributed by atoms with Gasteiger partial charge in [-0.2, -0.15) is 13.2 Å². The number of nitrogens with two attached hydrogens (primary N) is 1. The third-order valence-electron chi connectivity index (χ3n) is 4.91. The van der Waals surface area contributed by atoms with Gasteiger partial charge in [-0.1, -0.05) is 23.7 Å². The van der Waals surface area contributed by atoms with Crippen LogP contribution in [0.3, 0.4) is 0 Å². The van der Waals surface area contributed by atoms with Crippen LogP contribution in [-0.2, 0) is 12.7 Å². The van der Waals surface area contributed by atoms with Gasteiger partial charge in [0.25, 0.3) is 5.56 Å². The molecule has 31 heavy (non-hydrogen) atoms. The normalized spacial score (nSPS) is 11.7. The van der Waals surface area contributed by atoms with Gasteiger partial charge in [-0.05, 0) is 42.0 Å². The Hall–Kier alpha value is -3.52. The van der Waals surface area contributed by atoms with Crippen LogP contribution in [-0.4, -0.2) is 9.13 Å². The second-order valence-electron chi connectivity index (χ2n) is 6.95. The number of nitrogens with zero attached hydrogens (tertiary/aromatic N) is 2. The molecule has 4 rings (SSSR count). The Kier molecular flexibility index (Phi) is 5.10. The summed E-state index contributed by atoms with van der Waals surface area (Å²) in [5.41, 5.74) is 4.13. The van der Waals surface area contributed by atoms with Crippen LogP contribution in [0.2, 0.25) is 5.02 Å². The highest BCUT2D eigenvalue weighted by atomic mass is 35.5. The molecule has 0 unspecified atom stereocenters. The standard InChI is InChI=1S/C22H15ClF3N3O2/c23-14-3-1-13(2-4-14)12-28-9-7-18-20(21(28)31)19(30)8-10-29(18)15-5-6-17(27)16(11-15)22(24,25)26/h1-11H,12,27H2. The van der Waals surface area contributed by atoms with Crippen LogP contribution in [0.1, 0.15) is 11.1 Å². The summed E-state index contributed by atoms with van der Waals surface area (Å²) in [7, 11) is 0. The first-order chi connectivity index (χ1) is 14.6. The van der Waals surface area contributed by atoms with Crippen molar-refractivity contribution in [2.45, 2.75) is 12.7 Å². The number of rotatable bonds is 3. The van der Waals surface area contributed by atoms with E-state index in [1.807, 2.05) is 0 Å². The minimum Gasteiger partial charge on any atom is -0.398 e. The molecule has 0 atom stereocenters. The van der Waals surface area contributed by atoms with E-state index in [2.05, 4.69) is 0 Å². The highest BCUT2D eigenvalue weighted by Gasteiger charge is 2.33. The molecule has 5 nitrogen and oxygen atoms in total. The summed E-state index contributed by atoms with van der Waals surface area (Å²) in [6.45, 7) is 0.209.